The number of nitrogens with zero attached hydrogens (tertiary/aromatic N) is 3. The highest BCUT2D eigenvalue weighted by atomic mass is 16.1. The molecule has 5 heteroatoms. The first-order chi connectivity index (χ1) is 10.8. The van der Waals surface area contributed by atoms with Crippen LogP contribution in [-0.2, 0) is 6.54 Å². The Morgan fingerprint density at radius 1 is 0.909 bits per heavy atom. The van der Waals surface area contributed by atoms with Crippen molar-refractivity contribution in [3.05, 3.63) is 78.5 Å². The number of rotatable bonds is 4. The summed E-state index contributed by atoms with van der Waals surface area (Å²) in [5, 5.41) is 2.87. The predicted molar refractivity (Wildman–Crippen MR) is 82.9 cm³/mol. The van der Waals surface area contributed by atoms with Gasteiger partial charge in [-0.05, 0) is 35.9 Å². The van der Waals surface area contributed by atoms with Crippen LogP contribution in [0, 0.1) is 0 Å². The fourth-order valence-corrected chi connectivity index (χ4v) is 2.11. The molecule has 0 radical (unpaired) electrons. The molecule has 3 aromatic rings. The summed E-state index contributed by atoms with van der Waals surface area (Å²) >= 11 is 0. The number of aromatic nitrogens is 3. The number of hydrogen-bond donors (Lipinski definition) is 1. The number of nitrogens with one attached hydrogen (secondary N) is 1. The first-order valence-electron chi connectivity index (χ1n) is 6.88. The highest BCUT2D eigenvalue weighted by molar-refractivity contribution is 5.92. The van der Waals surface area contributed by atoms with E-state index in [0.29, 0.717) is 12.2 Å². The fraction of sp³-hybridized carbons (Fsp3) is 0.0588. The zero-order valence-electron chi connectivity index (χ0n) is 11.8. The second-order valence-corrected chi connectivity index (χ2v) is 4.64. The van der Waals surface area contributed by atoms with E-state index < -0.39 is 0 Å². The van der Waals surface area contributed by atoms with Gasteiger partial charge in [0, 0.05) is 36.9 Å². The molecule has 0 aliphatic rings. The van der Waals surface area contributed by atoms with Gasteiger partial charge < -0.3 is 5.32 Å². The van der Waals surface area contributed by atoms with Crippen molar-refractivity contribution in [1.82, 2.24) is 20.3 Å². The van der Waals surface area contributed by atoms with Crippen molar-refractivity contribution in [2.45, 2.75) is 6.54 Å². The first kappa shape index (κ1) is 13.9. The van der Waals surface area contributed by atoms with E-state index in [-0.39, 0.29) is 5.91 Å². The van der Waals surface area contributed by atoms with Crippen LogP contribution in [0.2, 0.25) is 0 Å². The fourth-order valence-electron chi connectivity index (χ4n) is 2.11. The van der Waals surface area contributed by atoms with E-state index in [4.69, 9.17) is 0 Å². The topological polar surface area (TPSA) is 67.8 Å². The highest BCUT2D eigenvalue weighted by Gasteiger charge is 2.09. The van der Waals surface area contributed by atoms with Gasteiger partial charge in [0.25, 0.3) is 5.91 Å². The SMILES string of the molecule is O=C(NCc1cccnc1-c1ccncc1)c1ccccn1. The summed E-state index contributed by atoms with van der Waals surface area (Å²) < 4.78 is 0. The zero-order valence-corrected chi connectivity index (χ0v) is 11.8. The Morgan fingerprint density at radius 2 is 1.73 bits per heavy atom. The summed E-state index contributed by atoms with van der Waals surface area (Å²) in [5.41, 5.74) is 3.15. The van der Waals surface area contributed by atoms with Crippen LogP contribution in [0.1, 0.15) is 16.1 Å². The highest BCUT2D eigenvalue weighted by Crippen LogP contribution is 2.20. The van der Waals surface area contributed by atoms with Crippen LogP contribution in [-0.4, -0.2) is 20.9 Å². The van der Waals surface area contributed by atoms with E-state index in [9.17, 15) is 4.79 Å². The molecule has 108 valence electrons. The molecule has 0 saturated heterocycles. The van der Waals surface area contributed by atoms with Crippen molar-refractivity contribution >= 4 is 5.91 Å². The van der Waals surface area contributed by atoms with Gasteiger partial charge in [-0.1, -0.05) is 12.1 Å². The standard InChI is InChI=1S/C17H14N4O/c22-17(15-5-1-2-8-19-15)21-12-14-4-3-9-20-16(14)13-6-10-18-11-7-13/h1-11H,12H2,(H,21,22). The molecule has 1 N–H and O–H groups in total. The van der Waals surface area contributed by atoms with Crippen molar-refractivity contribution in [3.8, 4) is 11.3 Å². The molecule has 22 heavy (non-hydrogen) atoms. The average Bonchev–Trinajstić information content (AvgIpc) is 2.61. The molecule has 0 saturated carbocycles. The number of carbonyl (C=O) groups is 1. The van der Waals surface area contributed by atoms with Gasteiger partial charge in [-0.25, -0.2) is 0 Å². The Labute approximate surface area is 128 Å². The van der Waals surface area contributed by atoms with Gasteiger partial charge in [-0.3, -0.25) is 19.7 Å². The average molecular weight is 290 g/mol. The van der Waals surface area contributed by atoms with Gasteiger partial charge in [0.2, 0.25) is 0 Å². The lowest BCUT2D eigenvalue weighted by Crippen LogP contribution is -2.24. The minimum atomic E-state index is -0.204. The summed E-state index contributed by atoms with van der Waals surface area (Å²) in [6, 6.07) is 12.8. The molecule has 0 fully saturated rings. The van der Waals surface area contributed by atoms with E-state index in [1.54, 1.807) is 43.0 Å². The molecule has 0 aliphatic carbocycles. The van der Waals surface area contributed by atoms with E-state index in [0.717, 1.165) is 16.8 Å². The zero-order chi connectivity index (χ0) is 15.2. The van der Waals surface area contributed by atoms with Gasteiger partial charge in [-0.2, -0.15) is 0 Å². The largest absolute Gasteiger partial charge is 0.347 e. The third-order valence-corrected chi connectivity index (χ3v) is 3.18. The molecule has 0 spiro atoms. The molecule has 0 atom stereocenters. The molecule has 0 bridgehead atoms. The normalized spacial score (nSPS) is 10.2. The summed E-state index contributed by atoms with van der Waals surface area (Å²) in [7, 11) is 0. The van der Waals surface area contributed by atoms with Crippen LogP contribution >= 0.6 is 0 Å². The molecule has 3 aromatic heterocycles. The molecule has 1 amide bonds. The Hall–Kier alpha value is -3.08. The van der Waals surface area contributed by atoms with Crippen molar-refractivity contribution < 1.29 is 4.79 Å². The number of hydrogen-bond acceptors (Lipinski definition) is 4. The second kappa shape index (κ2) is 6.58. The lowest BCUT2D eigenvalue weighted by Gasteiger charge is -2.09. The smallest absolute Gasteiger partial charge is 0.270 e. The molecule has 0 unspecified atom stereocenters. The van der Waals surface area contributed by atoms with Gasteiger partial charge in [0.1, 0.15) is 5.69 Å². The number of amides is 1. The Morgan fingerprint density at radius 3 is 2.50 bits per heavy atom. The molecule has 0 aliphatic heterocycles. The molecule has 0 aromatic carbocycles. The minimum absolute atomic E-state index is 0.204. The van der Waals surface area contributed by atoms with Gasteiger partial charge in [-0.15, -0.1) is 0 Å². The van der Waals surface area contributed by atoms with E-state index >= 15 is 0 Å². The van der Waals surface area contributed by atoms with Crippen molar-refractivity contribution in [1.29, 1.82) is 0 Å². The van der Waals surface area contributed by atoms with E-state index in [1.165, 1.54) is 0 Å². The first-order valence-corrected chi connectivity index (χ1v) is 6.88. The second-order valence-electron chi connectivity index (χ2n) is 4.64. The van der Waals surface area contributed by atoms with Crippen LogP contribution in [0.25, 0.3) is 11.3 Å². The number of pyridine rings is 3. The predicted octanol–water partition coefficient (Wildman–Crippen LogP) is 2.47. The van der Waals surface area contributed by atoms with Gasteiger partial charge in [0.05, 0.1) is 5.69 Å². The van der Waals surface area contributed by atoms with Crippen LogP contribution in [0.4, 0.5) is 0 Å². The number of carbonyl (C=O) groups excluding carboxylic acids is 1. The lowest BCUT2D eigenvalue weighted by molar-refractivity contribution is 0.0946. The summed E-state index contributed by atoms with van der Waals surface area (Å²) in [5.74, 6) is -0.204. The summed E-state index contributed by atoms with van der Waals surface area (Å²) in [6.45, 7) is 0.390. The Balaban J connectivity index is 1.78. The maximum atomic E-state index is 12.1. The molecule has 3 rings (SSSR count). The van der Waals surface area contributed by atoms with Crippen molar-refractivity contribution in [2.75, 3.05) is 0 Å². The summed E-state index contributed by atoms with van der Waals surface area (Å²) in [6.07, 6.45) is 6.78. The van der Waals surface area contributed by atoms with Crippen LogP contribution < -0.4 is 5.32 Å². The Bertz CT molecular complexity index is 760. The van der Waals surface area contributed by atoms with E-state index in [2.05, 4.69) is 20.3 Å². The maximum Gasteiger partial charge on any atom is 0.270 e. The van der Waals surface area contributed by atoms with Crippen molar-refractivity contribution in [2.24, 2.45) is 0 Å². The molecular weight excluding hydrogens is 276 g/mol. The third-order valence-electron chi connectivity index (χ3n) is 3.18. The van der Waals surface area contributed by atoms with Crippen LogP contribution in [0.3, 0.4) is 0 Å². The quantitative estimate of drug-likeness (QED) is 0.801. The van der Waals surface area contributed by atoms with Crippen LogP contribution in [0.15, 0.2) is 67.3 Å². The van der Waals surface area contributed by atoms with Gasteiger partial charge in [0.15, 0.2) is 0 Å². The van der Waals surface area contributed by atoms with Crippen LogP contribution in [0.5, 0.6) is 0 Å². The maximum absolute atomic E-state index is 12.1. The Kier molecular flexibility index (Phi) is 4.15. The molecule has 3 heterocycles. The monoisotopic (exact) mass is 290 g/mol. The van der Waals surface area contributed by atoms with E-state index in [1.807, 2.05) is 24.3 Å². The van der Waals surface area contributed by atoms with Gasteiger partial charge >= 0.3 is 0 Å². The molecule has 5 nitrogen and oxygen atoms in total. The third kappa shape index (κ3) is 3.15. The summed E-state index contributed by atoms with van der Waals surface area (Å²) in [4.78, 5) is 24.5. The van der Waals surface area contributed by atoms with Crippen molar-refractivity contribution in [3.63, 3.8) is 0 Å². The lowest BCUT2D eigenvalue weighted by atomic mass is 10.1. The minimum Gasteiger partial charge on any atom is -0.347 e. The molecular formula is C17H14N4O.